The van der Waals surface area contributed by atoms with Crippen molar-refractivity contribution in [3.8, 4) is 0 Å². The van der Waals surface area contributed by atoms with E-state index in [1.54, 1.807) is 0 Å². The molecule has 2 unspecified atom stereocenters. The monoisotopic (exact) mass is 177 g/mol. The molecule has 0 aromatic rings. The van der Waals surface area contributed by atoms with E-state index in [4.69, 9.17) is 11.6 Å². The smallest absolute Gasteiger partial charge is 0.0491 e. The molecule has 0 rings (SSSR count). The third-order valence-corrected chi connectivity index (χ3v) is 2.58. The summed E-state index contributed by atoms with van der Waals surface area (Å²) in [4.78, 5) is 2.17. The number of nitrogens with zero attached hydrogens (tertiary/aromatic N) is 1. The van der Waals surface area contributed by atoms with Gasteiger partial charge in [0.1, 0.15) is 0 Å². The minimum absolute atomic E-state index is 0.282. The van der Waals surface area contributed by atoms with Crippen molar-refractivity contribution < 1.29 is 0 Å². The van der Waals surface area contributed by atoms with E-state index in [0.29, 0.717) is 12.0 Å². The minimum Gasteiger partial charge on any atom is -0.305 e. The van der Waals surface area contributed by atoms with Gasteiger partial charge in [-0.1, -0.05) is 13.8 Å². The van der Waals surface area contributed by atoms with E-state index in [2.05, 4.69) is 39.8 Å². The topological polar surface area (TPSA) is 3.24 Å². The molecule has 68 valence electrons. The first kappa shape index (κ1) is 11.2. The van der Waals surface area contributed by atoms with Crippen LogP contribution in [0.1, 0.15) is 27.2 Å². The average Bonchev–Trinajstić information content (AvgIpc) is 1.84. The molecule has 0 aromatic carbocycles. The molecule has 0 heterocycles. The van der Waals surface area contributed by atoms with Crippen LogP contribution in [-0.4, -0.2) is 30.4 Å². The highest BCUT2D eigenvalue weighted by Gasteiger charge is 2.16. The quantitative estimate of drug-likeness (QED) is 0.597. The van der Waals surface area contributed by atoms with Gasteiger partial charge >= 0.3 is 0 Å². The highest BCUT2D eigenvalue weighted by molar-refractivity contribution is 6.21. The lowest BCUT2D eigenvalue weighted by Crippen LogP contribution is -2.33. The summed E-state index contributed by atoms with van der Waals surface area (Å²) in [7, 11) is 4.14. The SMILES string of the molecule is CC(C)CC(Cl)C(C)N(C)C. The maximum Gasteiger partial charge on any atom is 0.0491 e. The molecule has 0 bridgehead atoms. The predicted molar refractivity (Wildman–Crippen MR) is 52.2 cm³/mol. The first-order valence-corrected chi connectivity index (χ1v) is 4.69. The molecule has 2 atom stereocenters. The van der Waals surface area contributed by atoms with Gasteiger partial charge in [-0.2, -0.15) is 0 Å². The molecule has 0 saturated heterocycles. The molecule has 11 heavy (non-hydrogen) atoms. The molecule has 0 saturated carbocycles. The van der Waals surface area contributed by atoms with E-state index in [9.17, 15) is 0 Å². The van der Waals surface area contributed by atoms with E-state index < -0.39 is 0 Å². The number of hydrogen-bond acceptors (Lipinski definition) is 1. The summed E-state index contributed by atoms with van der Waals surface area (Å²) in [5.74, 6) is 0.694. The Hall–Kier alpha value is 0.250. The van der Waals surface area contributed by atoms with Gasteiger partial charge in [0.05, 0.1) is 0 Å². The molecule has 0 aromatic heterocycles. The van der Waals surface area contributed by atoms with Gasteiger partial charge in [0, 0.05) is 11.4 Å². The van der Waals surface area contributed by atoms with Crippen LogP contribution < -0.4 is 0 Å². The Morgan fingerprint density at radius 3 is 1.91 bits per heavy atom. The molecular formula is C9H20ClN. The second-order valence-electron chi connectivity index (χ2n) is 3.85. The van der Waals surface area contributed by atoms with Crippen molar-refractivity contribution in [2.24, 2.45) is 5.92 Å². The highest BCUT2D eigenvalue weighted by atomic mass is 35.5. The van der Waals surface area contributed by atoms with Crippen LogP contribution in [0.3, 0.4) is 0 Å². The van der Waals surface area contributed by atoms with Crippen molar-refractivity contribution in [2.75, 3.05) is 14.1 Å². The van der Waals surface area contributed by atoms with Crippen LogP contribution in [0.2, 0.25) is 0 Å². The van der Waals surface area contributed by atoms with E-state index in [0.717, 1.165) is 6.42 Å². The van der Waals surface area contributed by atoms with Gasteiger partial charge in [-0.25, -0.2) is 0 Å². The zero-order valence-electron chi connectivity index (χ0n) is 8.26. The Morgan fingerprint density at radius 2 is 1.64 bits per heavy atom. The van der Waals surface area contributed by atoms with Crippen molar-refractivity contribution in [3.05, 3.63) is 0 Å². The summed E-state index contributed by atoms with van der Waals surface area (Å²) in [6.45, 7) is 6.58. The van der Waals surface area contributed by atoms with Crippen molar-refractivity contribution in [2.45, 2.75) is 38.6 Å². The van der Waals surface area contributed by atoms with Crippen LogP contribution in [0.4, 0.5) is 0 Å². The van der Waals surface area contributed by atoms with E-state index >= 15 is 0 Å². The Bertz CT molecular complexity index is 102. The van der Waals surface area contributed by atoms with Gasteiger partial charge < -0.3 is 4.90 Å². The fraction of sp³-hybridized carbons (Fsp3) is 1.00. The lowest BCUT2D eigenvalue weighted by molar-refractivity contribution is 0.288. The molecule has 2 heteroatoms. The van der Waals surface area contributed by atoms with Crippen LogP contribution in [0.15, 0.2) is 0 Å². The first-order valence-electron chi connectivity index (χ1n) is 4.25. The zero-order valence-corrected chi connectivity index (χ0v) is 9.02. The molecule has 0 amide bonds. The third kappa shape index (κ3) is 4.65. The van der Waals surface area contributed by atoms with E-state index in [-0.39, 0.29) is 5.38 Å². The molecule has 0 aliphatic carbocycles. The van der Waals surface area contributed by atoms with Crippen molar-refractivity contribution in [1.82, 2.24) is 4.90 Å². The largest absolute Gasteiger partial charge is 0.305 e. The first-order chi connectivity index (χ1) is 4.95. The maximum absolute atomic E-state index is 6.18. The van der Waals surface area contributed by atoms with Crippen LogP contribution in [0, 0.1) is 5.92 Å². The maximum atomic E-state index is 6.18. The molecule has 0 N–H and O–H groups in total. The van der Waals surface area contributed by atoms with Crippen LogP contribution in [-0.2, 0) is 0 Å². The molecule has 0 fully saturated rings. The van der Waals surface area contributed by atoms with Gasteiger partial charge in [-0.15, -0.1) is 11.6 Å². The predicted octanol–water partition coefficient (Wildman–Crippen LogP) is 2.59. The van der Waals surface area contributed by atoms with E-state index in [1.807, 2.05) is 0 Å². The van der Waals surface area contributed by atoms with Gasteiger partial charge in [-0.05, 0) is 33.4 Å². The molecule has 0 aliphatic rings. The number of alkyl halides is 1. The summed E-state index contributed by atoms with van der Waals surface area (Å²) in [5.41, 5.74) is 0. The number of hydrogen-bond donors (Lipinski definition) is 0. The van der Waals surface area contributed by atoms with Gasteiger partial charge in [0.25, 0.3) is 0 Å². The van der Waals surface area contributed by atoms with Crippen LogP contribution >= 0.6 is 11.6 Å². The molecule has 0 spiro atoms. The van der Waals surface area contributed by atoms with E-state index in [1.165, 1.54) is 0 Å². The van der Waals surface area contributed by atoms with Crippen molar-refractivity contribution in [3.63, 3.8) is 0 Å². The van der Waals surface area contributed by atoms with Crippen molar-refractivity contribution >= 4 is 11.6 Å². The number of rotatable bonds is 4. The van der Waals surface area contributed by atoms with Crippen LogP contribution in [0.25, 0.3) is 0 Å². The lowest BCUT2D eigenvalue weighted by atomic mass is 10.0. The second kappa shape index (κ2) is 5.00. The zero-order chi connectivity index (χ0) is 9.02. The Kier molecular flexibility index (Phi) is 5.11. The summed E-state index contributed by atoms with van der Waals surface area (Å²) < 4.78 is 0. The Balaban J connectivity index is 3.73. The lowest BCUT2D eigenvalue weighted by Gasteiger charge is -2.25. The molecule has 0 aliphatic heterocycles. The number of halogens is 1. The van der Waals surface area contributed by atoms with Gasteiger partial charge in [0.2, 0.25) is 0 Å². The van der Waals surface area contributed by atoms with Gasteiger partial charge in [-0.3, -0.25) is 0 Å². The van der Waals surface area contributed by atoms with Crippen LogP contribution in [0.5, 0.6) is 0 Å². The third-order valence-electron chi connectivity index (χ3n) is 2.03. The van der Waals surface area contributed by atoms with Gasteiger partial charge in [0.15, 0.2) is 0 Å². The fourth-order valence-electron chi connectivity index (χ4n) is 0.971. The standard InChI is InChI=1S/C9H20ClN/c1-7(2)6-9(10)8(3)11(4)5/h7-9H,6H2,1-5H3. The highest BCUT2D eigenvalue weighted by Crippen LogP contribution is 2.16. The fourth-order valence-corrected chi connectivity index (χ4v) is 1.55. The minimum atomic E-state index is 0.282. The average molecular weight is 178 g/mol. The summed E-state index contributed by atoms with van der Waals surface area (Å²) in [5, 5.41) is 0.282. The normalized spacial score (nSPS) is 17.5. The summed E-state index contributed by atoms with van der Waals surface area (Å²) in [6, 6.07) is 0.471. The molecule has 0 radical (unpaired) electrons. The Morgan fingerprint density at radius 1 is 1.18 bits per heavy atom. The molecular weight excluding hydrogens is 158 g/mol. The Labute approximate surface area is 75.7 Å². The summed E-state index contributed by atoms with van der Waals surface area (Å²) >= 11 is 6.18. The second-order valence-corrected chi connectivity index (χ2v) is 4.41. The molecule has 1 nitrogen and oxygen atoms in total. The van der Waals surface area contributed by atoms with Crippen molar-refractivity contribution in [1.29, 1.82) is 0 Å². The summed E-state index contributed by atoms with van der Waals surface area (Å²) in [6.07, 6.45) is 1.10.